The van der Waals surface area contributed by atoms with E-state index in [1.54, 1.807) is 0 Å². The molecule has 1 aliphatic rings. The average molecular weight is 124 g/mol. The van der Waals surface area contributed by atoms with E-state index < -0.39 is 6.10 Å². The number of hydrogen-bond donors (Lipinski definition) is 1. The molecule has 0 aromatic carbocycles. The molecule has 9 heavy (non-hydrogen) atoms. The lowest BCUT2D eigenvalue weighted by Gasteiger charge is -2.10. The topological polar surface area (TPSA) is 20.2 Å². The molecule has 1 N–H and O–H groups in total. The van der Waals surface area contributed by atoms with E-state index in [2.05, 4.69) is 5.92 Å². The molecule has 0 saturated heterocycles. The Morgan fingerprint density at radius 2 is 2.22 bits per heavy atom. The van der Waals surface area contributed by atoms with Gasteiger partial charge in [-0.25, -0.2) is 0 Å². The van der Waals surface area contributed by atoms with Crippen molar-refractivity contribution < 1.29 is 5.11 Å². The summed E-state index contributed by atoms with van der Waals surface area (Å²) in [5.41, 5.74) is 0. The highest BCUT2D eigenvalue weighted by molar-refractivity contribution is 4.99. The Kier molecular flexibility index (Phi) is 1.78. The molecule has 0 aromatic heterocycles. The standard InChI is InChI=1S/C8H12O/c1-3-8(9)6(2)7-4-5-7/h1,6-9H,4-5H2,2H3. The van der Waals surface area contributed by atoms with Gasteiger partial charge in [-0.3, -0.25) is 0 Å². The van der Waals surface area contributed by atoms with Gasteiger partial charge in [0.05, 0.1) is 0 Å². The average Bonchev–Trinajstić information content (AvgIpc) is 2.66. The zero-order chi connectivity index (χ0) is 6.85. The van der Waals surface area contributed by atoms with Crippen molar-refractivity contribution in [2.45, 2.75) is 25.9 Å². The van der Waals surface area contributed by atoms with Crippen LogP contribution >= 0.6 is 0 Å². The van der Waals surface area contributed by atoms with Gasteiger partial charge < -0.3 is 5.11 Å². The van der Waals surface area contributed by atoms with Gasteiger partial charge in [0.1, 0.15) is 6.10 Å². The van der Waals surface area contributed by atoms with Crippen LogP contribution in [-0.4, -0.2) is 11.2 Å². The number of aliphatic hydroxyl groups is 1. The van der Waals surface area contributed by atoms with Crippen LogP contribution in [0.15, 0.2) is 0 Å². The normalized spacial score (nSPS) is 24.6. The largest absolute Gasteiger partial charge is 0.380 e. The molecule has 2 unspecified atom stereocenters. The third kappa shape index (κ3) is 1.46. The zero-order valence-corrected chi connectivity index (χ0v) is 5.67. The van der Waals surface area contributed by atoms with Gasteiger partial charge in [-0.1, -0.05) is 12.8 Å². The highest BCUT2D eigenvalue weighted by Crippen LogP contribution is 2.37. The van der Waals surface area contributed by atoms with E-state index >= 15 is 0 Å². The SMILES string of the molecule is C#CC(O)C(C)C1CC1. The minimum atomic E-state index is -0.516. The van der Waals surface area contributed by atoms with Crippen LogP contribution in [0, 0.1) is 24.2 Å². The third-order valence-electron chi connectivity index (χ3n) is 2.03. The number of rotatable bonds is 2. The van der Waals surface area contributed by atoms with E-state index in [0.29, 0.717) is 11.8 Å². The van der Waals surface area contributed by atoms with Gasteiger partial charge in [0.2, 0.25) is 0 Å². The Morgan fingerprint density at radius 1 is 1.67 bits per heavy atom. The van der Waals surface area contributed by atoms with Crippen molar-refractivity contribution in [3.05, 3.63) is 0 Å². The lowest BCUT2D eigenvalue weighted by molar-refractivity contribution is 0.158. The Bertz CT molecular complexity index is 130. The minimum absolute atomic E-state index is 0.315. The van der Waals surface area contributed by atoms with Crippen LogP contribution in [0.25, 0.3) is 0 Å². The predicted molar refractivity (Wildman–Crippen MR) is 36.7 cm³/mol. The molecule has 1 rings (SSSR count). The lowest BCUT2D eigenvalue weighted by atomic mass is 10.0. The van der Waals surface area contributed by atoms with Crippen LogP contribution in [-0.2, 0) is 0 Å². The van der Waals surface area contributed by atoms with Crippen LogP contribution < -0.4 is 0 Å². The fraction of sp³-hybridized carbons (Fsp3) is 0.750. The highest BCUT2D eigenvalue weighted by Gasteiger charge is 2.31. The second-order valence-electron chi connectivity index (χ2n) is 2.81. The molecule has 50 valence electrons. The maximum absolute atomic E-state index is 9.10. The Morgan fingerprint density at radius 3 is 2.56 bits per heavy atom. The summed E-state index contributed by atoms with van der Waals surface area (Å²) in [7, 11) is 0. The van der Waals surface area contributed by atoms with Crippen molar-refractivity contribution in [2.24, 2.45) is 11.8 Å². The summed E-state index contributed by atoms with van der Waals surface area (Å²) < 4.78 is 0. The first-order valence-electron chi connectivity index (χ1n) is 3.40. The van der Waals surface area contributed by atoms with Crippen molar-refractivity contribution in [1.29, 1.82) is 0 Å². The maximum Gasteiger partial charge on any atom is 0.117 e. The quantitative estimate of drug-likeness (QED) is 0.545. The van der Waals surface area contributed by atoms with E-state index in [4.69, 9.17) is 11.5 Å². The molecular weight excluding hydrogens is 112 g/mol. The monoisotopic (exact) mass is 124 g/mol. The molecule has 1 nitrogen and oxygen atoms in total. The summed E-state index contributed by atoms with van der Waals surface area (Å²) in [6.07, 6.45) is 7.02. The van der Waals surface area contributed by atoms with Gasteiger partial charge in [-0.2, -0.15) is 0 Å². The molecule has 1 fully saturated rings. The Balaban J connectivity index is 2.32. The van der Waals surface area contributed by atoms with Crippen molar-refractivity contribution >= 4 is 0 Å². The number of aliphatic hydroxyl groups excluding tert-OH is 1. The molecule has 0 amide bonds. The van der Waals surface area contributed by atoms with Crippen LogP contribution in [0.5, 0.6) is 0 Å². The molecule has 0 aliphatic heterocycles. The van der Waals surface area contributed by atoms with Crippen LogP contribution in [0.1, 0.15) is 19.8 Å². The third-order valence-corrected chi connectivity index (χ3v) is 2.03. The van der Waals surface area contributed by atoms with E-state index in [0.717, 1.165) is 0 Å². The summed E-state index contributed by atoms with van der Waals surface area (Å²) in [5, 5.41) is 9.10. The zero-order valence-electron chi connectivity index (χ0n) is 5.67. The van der Waals surface area contributed by atoms with Gasteiger partial charge in [0, 0.05) is 0 Å². The second-order valence-corrected chi connectivity index (χ2v) is 2.81. The van der Waals surface area contributed by atoms with Crippen LogP contribution in [0.3, 0.4) is 0 Å². The summed E-state index contributed by atoms with van der Waals surface area (Å²) in [6, 6.07) is 0. The molecule has 1 heteroatoms. The van der Waals surface area contributed by atoms with Gasteiger partial charge >= 0.3 is 0 Å². The first-order valence-corrected chi connectivity index (χ1v) is 3.40. The molecule has 1 saturated carbocycles. The summed E-state index contributed by atoms with van der Waals surface area (Å²) in [6.45, 7) is 2.02. The molecule has 0 aromatic rings. The lowest BCUT2D eigenvalue weighted by Crippen LogP contribution is -2.16. The molecule has 2 atom stereocenters. The number of terminal acetylenes is 1. The summed E-state index contributed by atoms with van der Waals surface area (Å²) in [5.74, 6) is 3.36. The van der Waals surface area contributed by atoms with Crippen LogP contribution in [0.2, 0.25) is 0 Å². The van der Waals surface area contributed by atoms with Gasteiger partial charge in [-0.05, 0) is 24.7 Å². The second kappa shape index (κ2) is 2.41. The van der Waals surface area contributed by atoms with E-state index in [-0.39, 0.29) is 0 Å². The van der Waals surface area contributed by atoms with Crippen molar-refractivity contribution in [3.63, 3.8) is 0 Å². The maximum atomic E-state index is 9.10. The van der Waals surface area contributed by atoms with E-state index in [9.17, 15) is 0 Å². The van der Waals surface area contributed by atoms with Crippen LogP contribution in [0.4, 0.5) is 0 Å². The predicted octanol–water partition coefficient (Wildman–Crippen LogP) is 1.03. The first kappa shape index (κ1) is 6.64. The van der Waals surface area contributed by atoms with E-state index in [1.165, 1.54) is 12.8 Å². The molecular formula is C8H12O. The fourth-order valence-electron chi connectivity index (χ4n) is 1.03. The Hall–Kier alpha value is -0.480. The van der Waals surface area contributed by atoms with Crippen molar-refractivity contribution in [2.75, 3.05) is 0 Å². The molecule has 0 heterocycles. The first-order chi connectivity index (χ1) is 4.25. The number of hydrogen-bond acceptors (Lipinski definition) is 1. The van der Waals surface area contributed by atoms with Crippen molar-refractivity contribution in [1.82, 2.24) is 0 Å². The highest BCUT2D eigenvalue weighted by atomic mass is 16.3. The molecule has 0 spiro atoms. The minimum Gasteiger partial charge on any atom is -0.380 e. The van der Waals surface area contributed by atoms with Gasteiger partial charge in [0.15, 0.2) is 0 Å². The molecule has 0 bridgehead atoms. The summed E-state index contributed by atoms with van der Waals surface area (Å²) >= 11 is 0. The smallest absolute Gasteiger partial charge is 0.117 e. The van der Waals surface area contributed by atoms with E-state index in [1.807, 2.05) is 6.92 Å². The molecule has 0 radical (unpaired) electrons. The van der Waals surface area contributed by atoms with Gasteiger partial charge in [-0.15, -0.1) is 6.42 Å². The molecule has 1 aliphatic carbocycles. The fourth-order valence-corrected chi connectivity index (χ4v) is 1.03. The Labute approximate surface area is 56.1 Å². The van der Waals surface area contributed by atoms with Gasteiger partial charge in [0.25, 0.3) is 0 Å². The summed E-state index contributed by atoms with van der Waals surface area (Å²) in [4.78, 5) is 0. The van der Waals surface area contributed by atoms with Crippen molar-refractivity contribution in [3.8, 4) is 12.3 Å².